The minimum atomic E-state index is -4.90. The van der Waals surface area contributed by atoms with E-state index >= 15 is 0 Å². The Labute approximate surface area is 105 Å². The van der Waals surface area contributed by atoms with Gasteiger partial charge in [0.15, 0.2) is 0 Å². The Morgan fingerprint density at radius 1 is 1.11 bits per heavy atom. The molecule has 98 valence electrons. The van der Waals surface area contributed by atoms with E-state index in [1.807, 2.05) is 0 Å². The van der Waals surface area contributed by atoms with Gasteiger partial charge in [0.05, 0.1) is 0 Å². The number of carboxylic acid groups (broad SMARTS) is 1. The third kappa shape index (κ3) is 4.75. The normalized spacial score (nSPS) is 11.0. The van der Waals surface area contributed by atoms with Gasteiger partial charge in [-0.15, -0.1) is 0 Å². The van der Waals surface area contributed by atoms with Gasteiger partial charge in [-0.3, -0.25) is 0 Å². The van der Waals surface area contributed by atoms with Gasteiger partial charge >= 0.3 is 105 Å². The number of nitrogens with one attached hydrogen (secondary N) is 1. The average Bonchev–Trinajstić information content (AvgIpc) is 2.26. The van der Waals surface area contributed by atoms with E-state index in [2.05, 4.69) is 5.32 Å². The van der Waals surface area contributed by atoms with Crippen LogP contribution in [0, 0.1) is 0 Å². The molecule has 8 heteroatoms. The fourth-order valence-corrected chi connectivity index (χ4v) is 2.31. The van der Waals surface area contributed by atoms with Crippen molar-refractivity contribution in [2.24, 2.45) is 0 Å². The predicted octanol–water partition coefficient (Wildman–Crippen LogP) is -0.949. The Morgan fingerprint density at radius 3 is 2.11 bits per heavy atom. The first-order valence-electron chi connectivity index (χ1n) is 4.97. The van der Waals surface area contributed by atoms with Crippen LogP contribution in [0.15, 0.2) is 24.3 Å². The summed E-state index contributed by atoms with van der Waals surface area (Å²) in [6, 6.07) is 5.17. The summed E-state index contributed by atoms with van der Waals surface area (Å²) in [6.07, 6.45) is -0.422. The molecule has 0 aliphatic rings. The Hall–Kier alpha value is -1.56. The quantitative estimate of drug-likeness (QED) is 0.519. The summed E-state index contributed by atoms with van der Waals surface area (Å²) in [5.74, 6) is -1.53. The maximum atomic E-state index is 11.3. The number of carbonyl (C=O) groups is 2. The van der Waals surface area contributed by atoms with E-state index in [1.54, 1.807) is 0 Å². The fourth-order valence-electron chi connectivity index (χ4n) is 1.18. The molecule has 0 heterocycles. The van der Waals surface area contributed by atoms with Crippen LogP contribution in [-0.4, -0.2) is 39.3 Å². The third-order valence-corrected chi connectivity index (χ3v) is 4.09. The molecular weight excluding hydrogens is 305 g/mol. The van der Waals surface area contributed by atoms with Crippen molar-refractivity contribution in [3.63, 3.8) is 0 Å². The predicted molar refractivity (Wildman–Crippen MR) is 62.5 cm³/mol. The van der Waals surface area contributed by atoms with Crippen molar-refractivity contribution in [3.05, 3.63) is 24.3 Å². The molecule has 7 nitrogen and oxygen atoms in total. The van der Waals surface area contributed by atoms with Crippen molar-refractivity contribution < 1.29 is 26.6 Å². The monoisotopic (exact) mass is 317 g/mol. The first-order valence-corrected chi connectivity index (χ1v) is 8.35. The third-order valence-electron chi connectivity index (χ3n) is 2.05. The number of hydrogen-bond acceptors (Lipinski definition) is 3. The van der Waals surface area contributed by atoms with Crippen LogP contribution in [-0.2, 0) is 13.3 Å². The van der Waals surface area contributed by atoms with Crippen LogP contribution in [0.5, 0.6) is 0 Å². The van der Waals surface area contributed by atoms with Gasteiger partial charge in [-0.25, -0.2) is 0 Å². The molecule has 1 aromatic rings. The first kappa shape index (κ1) is 14.5. The van der Waals surface area contributed by atoms with Crippen LogP contribution in [0.3, 0.4) is 0 Å². The molecule has 0 aliphatic heterocycles. The number of rotatable bonds is 5. The van der Waals surface area contributed by atoms with Crippen molar-refractivity contribution in [3.8, 4) is 0 Å². The molecule has 0 atom stereocenters. The van der Waals surface area contributed by atoms with Crippen molar-refractivity contribution in [2.45, 2.75) is 12.8 Å². The number of anilines is 1. The Morgan fingerprint density at radius 2 is 1.67 bits per heavy atom. The van der Waals surface area contributed by atoms with Crippen molar-refractivity contribution >= 4 is 36.1 Å². The molecule has 0 saturated carbocycles. The zero-order valence-electron chi connectivity index (χ0n) is 9.24. The number of carboxylic acids is 1. The molecule has 0 bridgehead atoms. The molecule has 0 aromatic heterocycles. The van der Waals surface area contributed by atoms with E-state index in [1.165, 1.54) is 24.3 Å². The van der Waals surface area contributed by atoms with Gasteiger partial charge in [-0.1, -0.05) is 0 Å². The second-order valence-electron chi connectivity index (χ2n) is 3.53. The molecule has 0 aliphatic carbocycles. The molecule has 0 unspecified atom stereocenters. The van der Waals surface area contributed by atoms with Crippen LogP contribution in [0.1, 0.15) is 12.8 Å². The van der Waals surface area contributed by atoms with E-state index in [4.69, 9.17) is 13.3 Å². The molecule has 4 N–H and O–H groups in total. The molecule has 1 rings (SSSR count). The van der Waals surface area contributed by atoms with Crippen LogP contribution < -0.4 is 9.67 Å². The number of carbonyl (C=O) groups excluding carboxylic acids is 1. The maximum absolute atomic E-state index is 11.3. The number of aliphatic carboxylic acids is 1. The Kier molecular flexibility index (Phi) is 4.72. The minimum absolute atomic E-state index is 0.0864. The van der Waals surface area contributed by atoms with E-state index in [0.717, 1.165) is 0 Å². The van der Waals surface area contributed by atoms with Crippen molar-refractivity contribution in [1.82, 2.24) is 0 Å². The molecule has 0 fully saturated rings. The zero-order chi connectivity index (χ0) is 13.8. The van der Waals surface area contributed by atoms with Crippen LogP contribution >= 0.6 is 0 Å². The van der Waals surface area contributed by atoms with Gasteiger partial charge in [0.2, 0.25) is 0 Å². The second kappa shape index (κ2) is 5.86. The second-order valence-corrected chi connectivity index (χ2v) is 6.90. The SMILES string of the molecule is O=C(O)CCC(=O)Nc1ccc([As](=O)(O)O)cc1. The van der Waals surface area contributed by atoms with Gasteiger partial charge in [-0.2, -0.15) is 0 Å². The number of amides is 1. The van der Waals surface area contributed by atoms with E-state index in [-0.39, 0.29) is 17.2 Å². The van der Waals surface area contributed by atoms with Gasteiger partial charge in [0.25, 0.3) is 0 Å². The zero-order valence-corrected chi connectivity index (χ0v) is 11.1. The molecule has 18 heavy (non-hydrogen) atoms. The van der Waals surface area contributed by atoms with Gasteiger partial charge in [-0.05, 0) is 0 Å². The van der Waals surface area contributed by atoms with Crippen molar-refractivity contribution in [1.29, 1.82) is 0 Å². The fraction of sp³-hybridized carbons (Fsp3) is 0.200. The van der Waals surface area contributed by atoms with Crippen LogP contribution in [0.4, 0.5) is 5.69 Å². The molecular formula is C10H12AsNO6. The number of benzene rings is 1. The van der Waals surface area contributed by atoms with Crippen LogP contribution in [0.2, 0.25) is 0 Å². The summed E-state index contributed by atoms with van der Waals surface area (Å²) >= 11 is -4.90. The summed E-state index contributed by atoms with van der Waals surface area (Å²) in [5.41, 5.74) is 0.359. The summed E-state index contributed by atoms with van der Waals surface area (Å²) in [4.78, 5) is 21.5. The van der Waals surface area contributed by atoms with Crippen molar-refractivity contribution in [2.75, 3.05) is 5.32 Å². The van der Waals surface area contributed by atoms with Gasteiger partial charge < -0.3 is 0 Å². The van der Waals surface area contributed by atoms with E-state index < -0.39 is 26.0 Å². The van der Waals surface area contributed by atoms with E-state index in [0.29, 0.717) is 5.69 Å². The molecule has 0 saturated heterocycles. The van der Waals surface area contributed by atoms with Gasteiger partial charge in [0.1, 0.15) is 0 Å². The summed E-state index contributed by atoms with van der Waals surface area (Å²) in [7, 11) is 0. The molecule has 1 amide bonds. The first-order chi connectivity index (χ1) is 8.29. The Bertz CT molecular complexity index is 492. The summed E-state index contributed by atoms with van der Waals surface area (Å²) in [6.45, 7) is 0. The molecule has 1 aromatic carbocycles. The molecule has 0 radical (unpaired) electrons. The van der Waals surface area contributed by atoms with Gasteiger partial charge in [0, 0.05) is 0 Å². The van der Waals surface area contributed by atoms with E-state index in [9.17, 15) is 13.3 Å². The Balaban J connectivity index is 2.61. The molecule has 0 spiro atoms. The number of hydrogen-bond donors (Lipinski definition) is 4. The standard InChI is InChI=1S/C10H12AsNO6/c13-9(5-6-10(14)15)12-8-3-1-7(2-4-8)11(16,17)18/h1-4H,5-6H2,(H,12,13)(H,14,15)(H2,16,17,18). The average molecular weight is 317 g/mol. The summed E-state index contributed by atoms with van der Waals surface area (Å²) < 4.78 is 28.7. The van der Waals surface area contributed by atoms with Crippen LogP contribution in [0.25, 0.3) is 0 Å². The summed E-state index contributed by atoms with van der Waals surface area (Å²) in [5, 5.41) is 10.8. The topological polar surface area (TPSA) is 124 Å².